The van der Waals surface area contributed by atoms with Crippen molar-refractivity contribution in [3.05, 3.63) is 30.1 Å². The van der Waals surface area contributed by atoms with E-state index in [1.54, 1.807) is 11.1 Å². The molecule has 0 aliphatic carbocycles. The maximum absolute atomic E-state index is 12.4. The highest BCUT2D eigenvalue weighted by Gasteiger charge is 2.34. The quantitative estimate of drug-likeness (QED) is 0.849. The summed E-state index contributed by atoms with van der Waals surface area (Å²) in [6, 6.07) is 5.61. The number of hydrogen-bond donors (Lipinski definition) is 1. The average Bonchev–Trinajstić information content (AvgIpc) is 2.74. The number of aromatic nitrogens is 1. The van der Waals surface area contributed by atoms with E-state index in [9.17, 15) is 9.59 Å². The number of carbonyl (C=O) groups is 2. The standard InChI is InChI=1S/C15H19N3O3/c19-14(5-4-12-3-1-2-6-16-12)18-7-11-9-21-10-13(8-18)17-15(11)20/h1-3,6,11,13H,4-5,7-10H2,(H,17,20)/t11-,13+/m1/s1. The Morgan fingerprint density at radius 3 is 3.10 bits per heavy atom. The first-order chi connectivity index (χ1) is 10.2. The molecule has 2 saturated heterocycles. The van der Waals surface area contributed by atoms with Gasteiger partial charge < -0.3 is 15.0 Å². The summed E-state index contributed by atoms with van der Waals surface area (Å²) in [5, 5.41) is 2.93. The molecule has 0 spiro atoms. The fourth-order valence-corrected chi connectivity index (χ4v) is 2.77. The Labute approximate surface area is 123 Å². The summed E-state index contributed by atoms with van der Waals surface area (Å²) in [6.07, 6.45) is 2.78. The first kappa shape index (κ1) is 14.0. The summed E-state index contributed by atoms with van der Waals surface area (Å²) in [4.78, 5) is 30.3. The van der Waals surface area contributed by atoms with E-state index < -0.39 is 0 Å². The van der Waals surface area contributed by atoms with E-state index in [4.69, 9.17) is 4.74 Å². The lowest BCUT2D eigenvalue weighted by Crippen LogP contribution is -2.44. The van der Waals surface area contributed by atoms with E-state index in [1.807, 2.05) is 18.2 Å². The van der Waals surface area contributed by atoms with Crippen LogP contribution in [0, 0.1) is 5.92 Å². The molecule has 1 aromatic heterocycles. The van der Waals surface area contributed by atoms with E-state index in [2.05, 4.69) is 10.3 Å². The molecule has 0 radical (unpaired) electrons. The molecule has 6 heteroatoms. The van der Waals surface area contributed by atoms with E-state index in [0.717, 1.165) is 5.69 Å². The van der Waals surface area contributed by atoms with Crippen LogP contribution < -0.4 is 5.32 Å². The Morgan fingerprint density at radius 1 is 1.38 bits per heavy atom. The zero-order valence-corrected chi connectivity index (χ0v) is 11.8. The third-order valence-corrected chi connectivity index (χ3v) is 3.91. The fraction of sp³-hybridized carbons (Fsp3) is 0.533. The molecule has 112 valence electrons. The molecule has 2 amide bonds. The second-order valence-corrected chi connectivity index (χ2v) is 5.56. The number of hydrogen-bond acceptors (Lipinski definition) is 4. The fourth-order valence-electron chi connectivity index (χ4n) is 2.77. The molecule has 3 rings (SSSR count). The predicted octanol–water partition coefficient (Wildman–Crippen LogP) is -0.0124. The molecule has 6 nitrogen and oxygen atoms in total. The minimum atomic E-state index is -0.253. The zero-order chi connectivity index (χ0) is 14.7. The molecule has 2 bridgehead atoms. The number of amides is 2. The maximum atomic E-state index is 12.4. The van der Waals surface area contributed by atoms with Crippen molar-refractivity contribution in [1.29, 1.82) is 0 Å². The van der Waals surface area contributed by atoms with Gasteiger partial charge in [0.25, 0.3) is 0 Å². The smallest absolute Gasteiger partial charge is 0.227 e. The molecule has 21 heavy (non-hydrogen) atoms. The Kier molecular flexibility index (Phi) is 4.15. The Morgan fingerprint density at radius 2 is 2.29 bits per heavy atom. The summed E-state index contributed by atoms with van der Waals surface area (Å²) < 4.78 is 5.46. The molecule has 1 N–H and O–H groups in total. The summed E-state index contributed by atoms with van der Waals surface area (Å²) >= 11 is 0. The monoisotopic (exact) mass is 289 g/mol. The summed E-state index contributed by atoms with van der Waals surface area (Å²) in [6.45, 7) is 1.85. The minimum Gasteiger partial charge on any atom is -0.378 e. The number of aryl methyl sites for hydroxylation is 1. The molecule has 1 aromatic rings. The van der Waals surface area contributed by atoms with E-state index in [0.29, 0.717) is 39.1 Å². The van der Waals surface area contributed by atoms with Gasteiger partial charge in [0.2, 0.25) is 11.8 Å². The topological polar surface area (TPSA) is 71.5 Å². The SMILES string of the molecule is O=C1N[C@@H]2COC[C@H]1CN(C(=O)CCc1ccccn1)C2. The highest BCUT2D eigenvalue weighted by molar-refractivity contribution is 5.82. The number of pyridine rings is 1. The number of nitrogens with zero attached hydrogens (tertiary/aromatic N) is 2. The summed E-state index contributed by atoms with van der Waals surface area (Å²) in [5.41, 5.74) is 0.915. The first-order valence-electron chi connectivity index (χ1n) is 7.28. The van der Waals surface area contributed by atoms with Crippen LogP contribution in [0.3, 0.4) is 0 Å². The lowest BCUT2D eigenvalue weighted by Gasteiger charge is -2.27. The number of ether oxygens (including phenoxy) is 1. The zero-order valence-electron chi connectivity index (χ0n) is 11.8. The second-order valence-electron chi connectivity index (χ2n) is 5.56. The lowest BCUT2D eigenvalue weighted by molar-refractivity contribution is -0.133. The molecule has 0 saturated carbocycles. The van der Waals surface area contributed by atoms with Crippen molar-refractivity contribution in [2.45, 2.75) is 18.9 Å². The molecular formula is C15H19N3O3. The van der Waals surface area contributed by atoms with Crippen molar-refractivity contribution in [1.82, 2.24) is 15.2 Å². The second kappa shape index (κ2) is 6.22. The van der Waals surface area contributed by atoms with Crippen molar-refractivity contribution in [3.8, 4) is 0 Å². The van der Waals surface area contributed by atoms with E-state index >= 15 is 0 Å². The largest absolute Gasteiger partial charge is 0.378 e. The number of fused-ring (bicyclic) bond motifs is 3. The average molecular weight is 289 g/mol. The van der Waals surface area contributed by atoms with Crippen LogP contribution in [-0.2, 0) is 20.7 Å². The van der Waals surface area contributed by atoms with Gasteiger partial charge in [-0.3, -0.25) is 14.6 Å². The van der Waals surface area contributed by atoms with Crippen LogP contribution in [0.2, 0.25) is 0 Å². The van der Waals surface area contributed by atoms with Gasteiger partial charge in [-0.25, -0.2) is 0 Å². The van der Waals surface area contributed by atoms with Gasteiger partial charge in [-0.2, -0.15) is 0 Å². The maximum Gasteiger partial charge on any atom is 0.227 e. The van der Waals surface area contributed by atoms with Crippen LogP contribution in [0.5, 0.6) is 0 Å². The third-order valence-electron chi connectivity index (χ3n) is 3.91. The highest BCUT2D eigenvalue weighted by Crippen LogP contribution is 2.15. The van der Waals surface area contributed by atoms with Gasteiger partial charge in [-0.05, 0) is 18.6 Å². The number of nitrogens with one attached hydrogen (secondary N) is 1. The van der Waals surface area contributed by atoms with Gasteiger partial charge in [0.15, 0.2) is 0 Å². The molecule has 2 aliphatic rings. The third kappa shape index (κ3) is 3.39. The molecule has 2 aliphatic heterocycles. The molecule has 2 atom stereocenters. The van der Waals surface area contributed by atoms with Crippen molar-refractivity contribution >= 4 is 11.8 Å². The normalized spacial score (nSPS) is 25.1. The van der Waals surface area contributed by atoms with E-state index in [1.165, 1.54) is 0 Å². The van der Waals surface area contributed by atoms with Gasteiger partial charge in [0, 0.05) is 31.4 Å². The minimum absolute atomic E-state index is 0.00229. The lowest BCUT2D eigenvalue weighted by atomic mass is 10.1. The van der Waals surface area contributed by atoms with Crippen LogP contribution in [0.15, 0.2) is 24.4 Å². The number of carbonyl (C=O) groups excluding carboxylic acids is 2. The van der Waals surface area contributed by atoms with Crippen molar-refractivity contribution in [2.75, 3.05) is 26.3 Å². The van der Waals surface area contributed by atoms with Gasteiger partial charge in [-0.1, -0.05) is 6.07 Å². The highest BCUT2D eigenvalue weighted by atomic mass is 16.5. The van der Waals surface area contributed by atoms with Crippen LogP contribution >= 0.6 is 0 Å². The van der Waals surface area contributed by atoms with Gasteiger partial charge in [0.1, 0.15) is 0 Å². The predicted molar refractivity (Wildman–Crippen MR) is 75.4 cm³/mol. The summed E-state index contributed by atoms with van der Waals surface area (Å²) in [7, 11) is 0. The van der Waals surface area contributed by atoms with Gasteiger partial charge in [-0.15, -0.1) is 0 Å². The molecular weight excluding hydrogens is 270 g/mol. The van der Waals surface area contributed by atoms with Crippen LogP contribution in [-0.4, -0.2) is 54.0 Å². The van der Waals surface area contributed by atoms with Crippen LogP contribution in [0.1, 0.15) is 12.1 Å². The summed E-state index contributed by atoms with van der Waals surface area (Å²) in [5.74, 6) is -0.178. The van der Waals surface area contributed by atoms with Gasteiger partial charge in [0.05, 0.1) is 25.2 Å². The Hall–Kier alpha value is -1.95. The van der Waals surface area contributed by atoms with E-state index in [-0.39, 0.29) is 23.8 Å². The Balaban J connectivity index is 1.61. The van der Waals surface area contributed by atoms with Gasteiger partial charge >= 0.3 is 0 Å². The number of rotatable bonds is 3. The Bertz CT molecular complexity index is 520. The molecule has 2 fully saturated rings. The van der Waals surface area contributed by atoms with Crippen LogP contribution in [0.4, 0.5) is 0 Å². The van der Waals surface area contributed by atoms with Crippen LogP contribution in [0.25, 0.3) is 0 Å². The van der Waals surface area contributed by atoms with Crippen molar-refractivity contribution < 1.29 is 14.3 Å². The first-order valence-corrected chi connectivity index (χ1v) is 7.28. The van der Waals surface area contributed by atoms with Crippen molar-refractivity contribution in [3.63, 3.8) is 0 Å². The molecule has 0 aromatic carbocycles. The van der Waals surface area contributed by atoms with Crippen molar-refractivity contribution in [2.24, 2.45) is 5.92 Å². The molecule has 3 heterocycles. The molecule has 0 unspecified atom stereocenters.